The van der Waals surface area contributed by atoms with Gasteiger partial charge in [0.05, 0.1) is 29.2 Å². The van der Waals surface area contributed by atoms with E-state index in [1.54, 1.807) is 18.0 Å². The highest BCUT2D eigenvalue weighted by molar-refractivity contribution is 9.10. The summed E-state index contributed by atoms with van der Waals surface area (Å²) < 4.78 is 7.87. The Morgan fingerprint density at radius 3 is 2.75 bits per heavy atom. The number of nitrogen functional groups attached to an aromatic ring is 1. The van der Waals surface area contributed by atoms with Gasteiger partial charge in [-0.25, -0.2) is 0 Å². The van der Waals surface area contributed by atoms with Gasteiger partial charge in [-0.1, -0.05) is 12.1 Å². The first kappa shape index (κ1) is 11.0. The van der Waals surface area contributed by atoms with Gasteiger partial charge in [-0.15, -0.1) is 0 Å². The zero-order valence-electron chi connectivity index (χ0n) is 9.07. The third-order valence-corrected chi connectivity index (χ3v) is 3.22. The lowest BCUT2D eigenvalue weighted by atomic mass is 10.1. The second-order valence-electron chi connectivity index (χ2n) is 3.39. The Kier molecular flexibility index (Phi) is 2.87. The average molecular weight is 282 g/mol. The zero-order chi connectivity index (χ0) is 11.7. The van der Waals surface area contributed by atoms with Gasteiger partial charge < -0.3 is 10.5 Å². The Hall–Kier alpha value is -1.49. The van der Waals surface area contributed by atoms with Gasteiger partial charge in [0, 0.05) is 12.6 Å². The lowest BCUT2D eigenvalue weighted by molar-refractivity contribution is 0.412. The van der Waals surface area contributed by atoms with E-state index < -0.39 is 0 Å². The third kappa shape index (κ3) is 1.67. The molecule has 2 aromatic rings. The second-order valence-corrected chi connectivity index (χ2v) is 4.19. The normalized spacial score (nSPS) is 10.4. The van der Waals surface area contributed by atoms with Crippen LogP contribution in [-0.2, 0) is 7.05 Å². The van der Waals surface area contributed by atoms with Crippen molar-refractivity contribution in [3.63, 3.8) is 0 Å². The van der Waals surface area contributed by atoms with Crippen LogP contribution in [0, 0.1) is 0 Å². The minimum Gasteiger partial charge on any atom is -0.496 e. The third-order valence-electron chi connectivity index (χ3n) is 2.41. The molecule has 2 N–H and O–H groups in total. The molecule has 2 rings (SSSR count). The van der Waals surface area contributed by atoms with Gasteiger partial charge in [0.25, 0.3) is 0 Å². The van der Waals surface area contributed by atoms with Gasteiger partial charge in [-0.05, 0) is 22.0 Å². The first-order valence-corrected chi connectivity index (χ1v) is 5.54. The van der Waals surface area contributed by atoms with Gasteiger partial charge in [0.1, 0.15) is 5.75 Å². The summed E-state index contributed by atoms with van der Waals surface area (Å²) in [7, 11) is 3.49. The number of anilines is 1. The molecule has 0 aliphatic carbocycles. The van der Waals surface area contributed by atoms with E-state index in [0.717, 1.165) is 21.5 Å². The number of hydrogen-bond acceptors (Lipinski definition) is 3. The van der Waals surface area contributed by atoms with Crippen LogP contribution in [0.25, 0.3) is 11.3 Å². The summed E-state index contributed by atoms with van der Waals surface area (Å²) in [5.41, 5.74) is 8.39. The van der Waals surface area contributed by atoms with Crippen LogP contribution in [0.15, 0.2) is 28.9 Å². The van der Waals surface area contributed by atoms with Gasteiger partial charge in [-0.3, -0.25) is 4.68 Å². The molecule has 0 saturated heterocycles. The number of hydrogen-bond donors (Lipinski definition) is 1. The molecule has 0 bridgehead atoms. The minimum atomic E-state index is 0.649. The number of ether oxygens (including phenoxy) is 1. The number of benzene rings is 1. The molecular formula is C11H12BrN3O. The molecule has 0 spiro atoms. The number of aryl methyl sites for hydroxylation is 1. The van der Waals surface area contributed by atoms with Crippen molar-refractivity contribution in [2.24, 2.45) is 7.05 Å². The van der Waals surface area contributed by atoms with Crippen LogP contribution >= 0.6 is 15.9 Å². The highest BCUT2D eigenvalue weighted by Gasteiger charge is 2.14. The van der Waals surface area contributed by atoms with Gasteiger partial charge in [0.15, 0.2) is 0 Å². The monoisotopic (exact) mass is 281 g/mol. The maximum absolute atomic E-state index is 5.89. The Labute approximate surface area is 102 Å². The SMILES string of the molecule is COc1cccc(-c2c(N)cnn2C)c1Br. The molecule has 0 saturated carbocycles. The molecule has 1 aromatic carbocycles. The number of rotatable bonds is 2. The minimum absolute atomic E-state index is 0.649. The highest BCUT2D eigenvalue weighted by Crippen LogP contribution is 2.37. The lowest BCUT2D eigenvalue weighted by Gasteiger charge is -2.09. The molecule has 0 amide bonds. The maximum atomic E-state index is 5.89. The van der Waals surface area contributed by atoms with E-state index in [9.17, 15) is 0 Å². The Bertz CT molecular complexity index is 502. The largest absolute Gasteiger partial charge is 0.496 e. The number of nitrogens with two attached hydrogens (primary N) is 1. The molecule has 0 radical (unpaired) electrons. The molecule has 4 nitrogen and oxygen atoms in total. The fourth-order valence-corrected chi connectivity index (χ4v) is 2.25. The molecule has 84 valence electrons. The van der Waals surface area contributed by atoms with E-state index in [2.05, 4.69) is 21.0 Å². The van der Waals surface area contributed by atoms with Crippen molar-refractivity contribution in [1.29, 1.82) is 0 Å². The Morgan fingerprint density at radius 2 is 2.19 bits per heavy atom. The van der Waals surface area contributed by atoms with Crippen LogP contribution in [0.5, 0.6) is 5.75 Å². The summed E-state index contributed by atoms with van der Waals surface area (Å²) in [6.45, 7) is 0. The lowest BCUT2D eigenvalue weighted by Crippen LogP contribution is -1.97. The standard InChI is InChI=1S/C11H12BrN3O/c1-15-11(8(13)6-14-15)7-4-3-5-9(16-2)10(7)12/h3-6H,13H2,1-2H3. The number of methoxy groups -OCH3 is 1. The molecule has 0 aliphatic rings. The van der Waals surface area contributed by atoms with Crippen molar-refractivity contribution in [3.05, 3.63) is 28.9 Å². The van der Waals surface area contributed by atoms with Gasteiger partial charge in [0.2, 0.25) is 0 Å². The van der Waals surface area contributed by atoms with Gasteiger partial charge >= 0.3 is 0 Å². The smallest absolute Gasteiger partial charge is 0.133 e. The van der Waals surface area contributed by atoms with Crippen LogP contribution in [0.1, 0.15) is 0 Å². The Balaban J connectivity index is 2.65. The second kappa shape index (κ2) is 4.17. The van der Waals surface area contributed by atoms with Crippen LogP contribution in [0.4, 0.5) is 5.69 Å². The van der Waals surface area contributed by atoms with Crippen LogP contribution < -0.4 is 10.5 Å². The Morgan fingerprint density at radius 1 is 1.44 bits per heavy atom. The molecule has 16 heavy (non-hydrogen) atoms. The van der Waals surface area contributed by atoms with Crippen molar-refractivity contribution in [2.45, 2.75) is 0 Å². The molecule has 5 heteroatoms. The van der Waals surface area contributed by atoms with Crippen molar-refractivity contribution in [1.82, 2.24) is 9.78 Å². The molecule has 0 unspecified atom stereocenters. The quantitative estimate of drug-likeness (QED) is 0.920. The average Bonchev–Trinajstić information content (AvgIpc) is 2.60. The number of nitrogens with zero attached hydrogens (tertiary/aromatic N) is 2. The van der Waals surface area contributed by atoms with Crippen molar-refractivity contribution >= 4 is 21.6 Å². The van der Waals surface area contributed by atoms with Crippen molar-refractivity contribution in [3.8, 4) is 17.0 Å². The van der Waals surface area contributed by atoms with E-state index >= 15 is 0 Å². The molecular weight excluding hydrogens is 270 g/mol. The topological polar surface area (TPSA) is 53.1 Å². The molecule has 0 fully saturated rings. The van der Waals surface area contributed by atoms with Crippen molar-refractivity contribution < 1.29 is 4.74 Å². The molecule has 1 aromatic heterocycles. The summed E-state index contributed by atoms with van der Waals surface area (Å²) in [5.74, 6) is 0.776. The maximum Gasteiger partial charge on any atom is 0.133 e. The van der Waals surface area contributed by atoms with Crippen molar-refractivity contribution in [2.75, 3.05) is 12.8 Å². The molecule has 0 atom stereocenters. The fraction of sp³-hybridized carbons (Fsp3) is 0.182. The van der Waals surface area contributed by atoms with E-state index in [-0.39, 0.29) is 0 Å². The predicted octanol–water partition coefficient (Wildman–Crippen LogP) is 2.44. The first-order chi connectivity index (χ1) is 7.65. The summed E-state index contributed by atoms with van der Waals surface area (Å²) in [6, 6.07) is 5.78. The van der Waals surface area contributed by atoms with Crippen LogP contribution in [-0.4, -0.2) is 16.9 Å². The van der Waals surface area contributed by atoms with Crippen LogP contribution in [0.3, 0.4) is 0 Å². The summed E-state index contributed by atoms with van der Waals surface area (Å²) in [4.78, 5) is 0. The zero-order valence-corrected chi connectivity index (χ0v) is 10.7. The number of halogens is 1. The highest BCUT2D eigenvalue weighted by atomic mass is 79.9. The molecule has 1 heterocycles. The van der Waals surface area contributed by atoms with E-state index in [1.165, 1.54) is 0 Å². The van der Waals surface area contributed by atoms with Crippen LogP contribution in [0.2, 0.25) is 0 Å². The predicted molar refractivity (Wildman–Crippen MR) is 67.3 cm³/mol. The first-order valence-electron chi connectivity index (χ1n) is 4.75. The van der Waals surface area contributed by atoms with Gasteiger partial charge in [-0.2, -0.15) is 5.10 Å². The van der Waals surface area contributed by atoms with E-state index in [4.69, 9.17) is 10.5 Å². The summed E-state index contributed by atoms with van der Waals surface area (Å²) in [6.07, 6.45) is 1.64. The summed E-state index contributed by atoms with van der Waals surface area (Å²) >= 11 is 3.51. The molecule has 0 aliphatic heterocycles. The fourth-order valence-electron chi connectivity index (χ4n) is 1.64. The van der Waals surface area contributed by atoms with E-state index in [1.807, 2.05) is 25.2 Å². The van der Waals surface area contributed by atoms with E-state index in [0.29, 0.717) is 5.69 Å². The number of aromatic nitrogens is 2. The summed E-state index contributed by atoms with van der Waals surface area (Å²) in [5, 5.41) is 4.12.